The molecule has 0 saturated carbocycles. The second-order valence-electron chi connectivity index (χ2n) is 4.85. The van der Waals surface area contributed by atoms with Gasteiger partial charge in [-0.3, -0.25) is 0 Å². The Morgan fingerprint density at radius 2 is 1.38 bits per heavy atom. The van der Waals surface area contributed by atoms with Gasteiger partial charge in [0.1, 0.15) is 5.83 Å². The summed E-state index contributed by atoms with van der Waals surface area (Å²) < 4.78 is 12.3. The molecule has 0 fully saturated rings. The Bertz CT molecular complexity index is 671. The van der Waals surface area contributed by atoms with Crippen molar-refractivity contribution in [2.75, 3.05) is 11.5 Å². The first-order chi connectivity index (χ1) is 11.5. The molecule has 0 atom stereocenters. The third kappa shape index (κ3) is 9.33. The molecule has 2 aromatic carbocycles. The largest absolute Gasteiger partial charge is 0.399 e. The highest BCUT2D eigenvalue weighted by Crippen LogP contribution is 2.09. The number of anilines is 2. The van der Waals surface area contributed by atoms with Gasteiger partial charge in [-0.15, -0.1) is 0 Å². The van der Waals surface area contributed by atoms with Gasteiger partial charge in [-0.2, -0.15) is 0 Å². The van der Waals surface area contributed by atoms with Crippen LogP contribution in [0.25, 0.3) is 0 Å². The number of rotatable bonds is 0. The molecule has 0 aliphatic heterocycles. The summed E-state index contributed by atoms with van der Waals surface area (Å²) in [5.74, 6) is -0.147. The van der Waals surface area contributed by atoms with Crippen LogP contribution in [0.2, 0.25) is 5.02 Å². The van der Waals surface area contributed by atoms with Gasteiger partial charge >= 0.3 is 0 Å². The van der Waals surface area contributed by atoms with Gasteiger partial charge in [-0.25, -0.2) is 4.39 Å². The van der Waals surface area contributed by atoms with Crippen molar-refractivity contribution in [2.24, 2.45) is 5.73 Å². The van der Waals surface area contributed by atoms with Crippen molar-refractivity contribution < 1.29 is 4.39 Å². The molecule has 2 aromatic rings. The van der Waals surface area contributed by atoms with Crippen LogP contribution in [0, 0.1) is 0 Å². The zero-order chi connectivity index (χ0) is 17.8. The van der Waals surface area contributed by atoms with E-state index in [0.717, 1.165) is 16.4 Å². The first-order valence-electron chi connectivity index (χ1n) is 7.27. The standard InChI is InChI=1S/C7H8FN.C6H6ClN.C6H7N/c8-6-2-1-3-7(9)5-4-6;7-5-1-3-6(8)4-2-5;7-6-4-2-1-3-5-6/h1,3-5H,2,9H2;1-4H,8H2;1-5H,7H2. The number of halogens is 2. The third-order valence-corrected chi connectivity index (χ3v) is 3.00. The Kier molecular flexibility index (Phi) is 8.79. The predicted octanol–water partition coefficient (Wildman–Crippen LogP) is 4.83. The Hall–Kier alpha value is -2.72. The summed E-state index contributed by atoms with van der Waals surface area (Å²) in [5, 5.41) is 0.721. The number of hydrogen-bond acceptors (Lipinski definition) is 3. The SMILES string of the molecule is NC1=CC=C(F)CC=C1.Nc1ccc(Cl)cc1.Nc1ccccc1. The van der Waals surface area contributed by atoms with E-state index >= 15 is 0 Å². The minimum Gasteiger partial charge on any atom is -0.399 e. The van der Waals surface area contributed by atoms with E-state index in [4.69, 9.17) is 28.8 Å². The van der Waals surface area contributed by atoms with Gasteiger partial charge in [0.2, 0.25) is 0 Å². The molecular formula is C19H21ClFN3. The summed E-state index contributed by atoms with van der Waals surface area (Å²) in [4.78, 5) is 0. The van der Waals surface area contributed by atoms with Gasteiger partial charge in [0, 0.05) is 28.5 Å². The summed E-state index contributed by atoms with van der Waals surface area (Å²) >= 11 is 5.56. The molecule has 3 nitrogen and oxygen atoms in total. The molecule has 0 saturated heterocycles. The number of benzene rings is 2. The average molecular weight is 346 g/mol. The van der Waals surface area contributed by atoms with Crippen LogP contribution in [-0.4, -0.2) is 0 Å². The Morgan fingerprint density at radius 1 is 0.792 bits per heavy atom. The topological polar surface area (TPSA) is 78.1 Å². The molecule has 0 amide bonds. The molecule has 0 aromatic heterocycles. The lowest BCUT2D eigenvalue weighted by Gasteiger charge is -1.88. The highest BCUT2D eigenvalue weighted by Gasteiger charge is 1.92. The van der Waals surface area contributed by atoms with Crippen molar-refractivity contribution in [1.29, 1.82) is 0 Å². The number of allylic oxidation sites excluding steroid dienone is 5. The van der Waals surface area contributed by atoms with Crippen LogP contribution < -0.4 is 17.2 Å². The maximum Gasteiger partial charge on any atom is 0.104 e. The zero-order valence-electron chi connectivity index (χ0n) is 13.2. The van der Waals surface area contributed by atoms with Crippen LogP contribution in [0.3, 0.4) is 0 Å². The van der Waals surface area contributed by atoms with Crippen LogP contribution in [0.4, 0.5) is 15.8 Å². The van der Waals surface area contributed by atoms with E-state index in [1.165, 1.54) is 6.08 Å². The third-order valence-electron chi connectivity index (χ3n) is 2.75. The number of para-hydroxylation sites is 1. The number of nitrogens with two attached hydrogens (primary N) is 3. The lowest BCUT2D eigenvalue weighted by atomic mass is 10.3. The molecule has 0 bridgehead atoms. The minimum absolute atomic E-state index is 0.147. The molecule has 1 aliphatic carbocycles. The zero-order valence-corrected chi connectivity index (χ0v) is 14.0. The molecule has 5 heteroatoms. The Balaban J connectivity index is 0.000000181. The van der Waals surface area contributed by atoms with Crippen molar-refractivity contribution in [3.05, 3.63) is 95.4 Å². The quantitative estimate of drug-likeness (QED) is 0.598. The molecule has 0 radical (unpaired) electrons. The van der Waals surface area contributed by atoms with Crippen LogP contribution in [0.15, 0.2) is 90.4 Å². The van der Waals surface area contributed by atoms with Gasteiger partial charge in [0.15, 0.2) is 0 Å². The molecular weight excluding hydrogens is 325 g/mol. The molecule has 0 heterocycles. The van der Waals surface area contributed by atoms with Crippen molar-refractivity contribution in [3.8, 4) is 0 Å². The number of nitrogen functional groups attached to an aromatic ring is 2. The van der Waals surface area contributed by atoms with Crippen LogP contribution in [-0.2, 0) is 0 Å². The van der Waals surface area contributed by atoms with E-state index in [1.54, 1.807) is 42.5 Å². The molecule has 6 N–H and O–H groups in total. The lowest BCUT2D eigenvalue weighted by Crippen LogP contribution is -1.89. The van der Waals surface area contributed by atoms with E-state index in [9.17, 15) is 4.39 Å². The monoisotopic (exact) mass is 345 g/mol. The predicted molar refractivity (Wildman–Crippen MR) is 102 cm³/mol. The van der Waals surface area contributed by atoms with Crippen molar-refractivity contribution in [1.82, 2.24) is 0 Å². The number of hydrogen-bond donors (Lipinski definition) is 3. The highest BCUT2D eigenvalue weighted by atomic mass is 35.5. The first kappa shape index (κ1) is 19.3. The normalized spacial score (nSPS) is 12.4. The van der Waals surface area contributed by atoms with Gasteiger partial charge < -0.3 is 17.2 Å². The molecule has 126 valence electrons. The second kappa shape index (κ2) is 10.9. The summed E-state index contributed by atoms with van der Waals surface area (Å²) in [6.45, 7) is 0. The van der Waals surface area contributed by atoms with Crippen LogP contribution in [0.5, 0.6) is 0 Å². The highest BCUT2D eigenvalue weighted by molar-refractivity contribution is 6.30. The Morgan fingerprint density at radius 3 is 1.88 bits per heavy atom. The average Bonchev–Trinajstić information content (AvgIpc) is 2.76. The van der Waals surface area contributed by atoms with Crippen molar-refractivity contribution in [3.63, 3.8) is 0 Å². The van der Waals surface area contributed by atoms with E-state index in [0.29, 0.717) is 12.1 Å². The van der Waals surface area contributed by atoms with E-state index in [1.807, 2.05) is 30.3 Å². The summed E-state index contributed by atoms with van der Waals surface area (Å²) in [5.41, 5.74) is 18.3. The van der Waals surface area contributed by atoms with Gasteiger partial charge in [-0.05, 0) is 54.6 Å². The summed E-state index contributed by atoms with van der Waals surface area (Å²) in [7, 11) is 0. The van der Waals surface area contributed by atoms with Crippen molar-refractivity contribution >= 4 is 23.0 Å². The maximum atomic E-state index is 12.3. The Labute approximate surface area is 146 Å². The van der Waals surface area contributed by atoms with E-state index in [-0.39, 0.29) is 5.83 Å². The summed E-state index contributed by atoms with van der Waals surface area (Å²) in [6, 6.07) is 16.5. The smallest absolute Gasteiger partial charge is 0.104 e. The van der Waals surface area contributed by atoms with E-state index < -0.39 is 0 Å². The molecule has 24 heavy (non-hydrogen) atoms. The van der Waals surface area contributed by atoms with Gasteiger partial charge in [0.25, 0.3) is 0 Å². The van der Waals surface area contributed by atoms with Gasteiger partial charge in [-0.1, -0.05) is 35.9 Å². The fraction of sp³-hybridized carbons (Fsp3) is 0.0526. The van der Waals surface area contributed by atoms with Crippen molar-refractivity contribution in [2.45, 2.75) is 6.42 Å². The minimum atomic E-state index is -0.147. The van der Waals surface area contributed by atoms with Crippen LogP contribution >= 0.6 is 11.6 Å². The molecule has 3 rings (SSSR count). The second-order valence-corrected chi connectivity index (χ2v) is 5.29. The first-order valence-corrected chi connectivity index (χ1v) is 7.65. The fourth-order valence-electron chi connectivity index (χ4n) is 1.53. The van der Waals surface area contributed by atoms with Crippen LogP contribution in [0.1, 0.15) is 6.42 Å². The fourth-order valence-corrected chi connectivity index (χ4v) is 1.66. The van der Waals surface area contributed by atoms with E-state index in [2.05, 4.69) is 0 Å². The molecule has 0 unspecified atom stereocenters. The van der Waals surface area contributed by atoms with Gasteiger partial charge in [0.05, 0.1) is 0 Å². The maximum absolute atomic E-state index is 12.3. The molecule has 1 aliphatic rings. The molecule has 0 spiro atoms. The lowest BCUT2D eigenvalue weighted by molar-refractivity contribution is 0.618. The summed E-state index contributed by atoms with van der Waals surface area (Å²) in [6.07, 6.45) is 6.69.